The molecular weight excluding hydrogens is 324 g/mol. The zero-order chi connectivity index (χ0) is 17.7. The number of nitrogens with zero attached hydrogens (tertiary/aromatic N) is 1. The molecule has 0 spiro atoms. The van der Waals surface area contributed by atoms with Gasteiger partial charge in [0.05, 0.1) is 5.92 Å². The summed E-state index contributed by atoms with van der Waals surface area (Å²) in [5.41, 5.74) is 3.94. The maximum absolute atomic E-state index is 12.4. The van der Waals surface area contributed by atoms with Gasteiger partial charge < -0.3 is 10.1 Å². The molecule has 2 aliphatic heterocycles. The van der Waals surface area contributed by atoms with Gasteiger partial charge in [0, 0.05) is 23.1 Å². The second kappa shape index (κ2) is 5.71. The van der Waals surface area contributed by atoms with Crippen LogP contribution in [0.4, 0.5) is 0 Å². The average molecular weight is 346 g/mol. The fourth-order valence-electron chi connectivity index (χ4n) is 5.27. The van der Waals surface area contributed by atoms with Crippen LogP contribution in [0.15, 0.2) is 54.6 Å². The van der Waals surface area contributed by atoms with Crippen LogP contribution in [-0.2, 0) is 16.8 Å². The van der Waals surface area contributed by atoms with Gasteiger partial charge in [-0.3, -0.25) is 9.69 Å². The molecule has 2 aliphatic rings. The fourth-order valence-corrected chi connectivity index (χ4v) is 5.27. The molecule has 3 aromatic rings. The summed E-state index contributed by atoms with van der Waals surface area (Å²) in [5, 5.41) is 11.4. The number of piperidine rings is 1. The van der Waals surface area contributed by atoms with E-state index in [4.69, 9.17) is 0 Å². The number of rotatable bonds is 2. The molecule has 0 unspecified atom stereocenters. The Morgan fingerprint density at radius 1 is 1.08 bits per heavy atom. The molecule has 2 aromatic carbocycles. The van der Waals surface area contributed by atoms with Gasteiger partial charge in [0.25, 0.3) is 0 Å². The lowest BCUT2D eigenvalue weighted by molar-refractivity contribution is -0.150. The average Bonchev–Trinajstić information content (AvgIpc) is 3.07. The summed E-state index contributed by atoms with van der Waals surface area (Å²) in [6, 6.07) is 18.6. The number of aromatic nitrogens is 1. The topological polar surface area (TPSA) is 56.3 Å². The number of H-pyrrole nitrogens is 1. The van der Waals surface area contributed by atoms with E-state index in [0.29, 0.717) is 6.42 Å². The minimum atomic E-state index is -0.704. The lowest BCUT2D eigenvalue weighted by Gasteiger charge is -2.53. The SMILES string of the molecule is O=C(O)[C@@H]1CCCN2CCc3c([nH]c4ccccc34)[C@]12c1ccccc1. The first kappa shape index (κ1) is 15.6. The number of nitrogens with one attached hydrogen (secondary N) is 1. The third kappa shape index (κ3) is 1.96. The van der Waals surface area contributed by atoms with Crippen molar-refractivity contribution in [3.8, 4) is 0 Å². The lowest BCUT2D eigenvalue weighted by atomic mass is 9.67. The zero-order valence-electron chi connectivity index (χ0n) is 14.6. The molecule has 2 N–H and O–H groups in total. The normalized spacial score (nSPS) is 25.6. The Bertz CT molecular complexity index is 978. The van der Waals surface area contributed by atoms with Crippen LogP contribution in [0.3, 0.4) is 0 Å². The largest absolute Gasteiger partial charge is 0.481 e. The van der Waals surface area contributed by atoms with Crippen LogP contribution >= 0.6 is 0 Å². The van der Waals surface area contributed by atoms with Crippen molar-refractivity contribution in [1.29, 1.82) is 0 Å². The van der Waals surface area contributed by atoms with E-state index in [1.54, 1.807) is 0 Å². The Morgan fingerprint density at radius 2 is 1.85 bits per heavy atom. The summed E-state index contributed by atoms with van der Waals surface area (Å²) in [4.78, 5) is 18.4. The van der Waals surface area contributed by atoms with Gasteiger partial charge in [0.2, 0.25) is 0 Å². The van der Waals surface area contributed by atoms with Crippen LogP contribution in [0.5, 0.6) is 0 Å². The Morgan fingerprint density at radius 3 is 2.65 bits per heavy atom. The first-order chi connectivity index (χ1) is 12.7. The maximum Gasteiger partial charge on any atom is 0.309 e. The van der Waals surface area contributed by atoms with E-state index in [1.165, 1.54) is 10.9 Å². The van der Waals surface area contributed by atoms with Crippen molar-refractivity contribution in [1.82, 2.24) is 9.88 Å². The highest BCUT2D eigenvalue weighted by Gasteiger charge is 2.55. The molecule has 5 rings (SSSR count). The summed E-state index contributed by atoms with van der Waals surface area (Å²) in [7, 11) is 0. The predicted molar refractivity (Wildman–Crippen MR) is 101 cm³/mol. The fraction of sp³-hybridized carbons (Fsp3) is 0.318. The van der Waals surface area contributed by atoms with Crippen molar-refractivity contribution < 1.29 is 9.90 Å². The molecule has 3 heterocycles. The summed E-state index contributed by atoms with van der Waals surface area (Å²) < 4.78 is 0. The van der Waals surface area contributed by atoms with Crippen LogP contribution in [0, 0.1) is 5.92 Å². The van der Waals surface area contributed by atoms with Gasteiger partial charge >= 0.3 is 5.97 Å². The molecule has 1 fully saturated rings. The molecule has 2 atom stereocenters. The first-order valence-electron chi connectivity index (χ1n) is 9.36. The van der Waals surface area contributed by atoms with Crippen LogP contribution in [-0.4, -0.2) is 34.0 Å². The number of para-hydroxylation sites is 1. The smallest absolute Gasteiger partial charge is 0.309 e. The second-order valence-corrected chi connectivity index (χ2v) is 7.43. The Kier molecular flexibility index (Phi) is 3.44. The van der Waals surface area contributed by atoms with Crippen molar-refractivity contribution in [2.24, 2.45) is 5.92 Å². The van der Waals surface area contributed by atoms with Crippen molar-refractivity contribution in [2.75, 3.05) is 13.1 Å². The molecule has 26 heavy (non-hydrogen) atoms. The molecule has 0 radical (unpaired) electrons. The summed E-state index contributed by atoms with van der Waals surface area (Å²) in [5.74, 6) is -1.16. The number of hydrogen-bond acceptors (Lipinski definition) is 2. The molecule has 0 aliphatic carbocycles. The van der Waals surface area contributed by atoms with E-state index in [-0.39, 0.29) is 0 Å². The number of hydrogen-bond donors (Lipinski definition) is 2. The number of aromatic amines is 1. The Labute approximate surface area is 152 Å². The molecule has 4 heteroatoms. The van der Waals surface area contributed by atoms with E-state index >= 15 is 0 Å². The molecule has 0 saturated carbocycles. The minimum absolute atomic E-state index is 0.453. The van der Waals surface area contributed by atoms with Gasteiger partial charge in [-0.05, 0) is 43.0 Å². The van der Waals surface area contributed by atoms with Gasteiger partial charge in [-0.25, -0.2) is 0 Å². The van der Waals surface area contributed by atoms with E-state index < -0.39 is 17.4 Å². The molecular formula is C22H22N2O2. The molecule has 132 valence electrons. The Balaban J connectivity index is 1.87. The second-order valence-electron chi connectivity index (χ2n) is 7.43. The highest BCUT2D eigenvalue weighted by molar-refractivity contribution is 5.86. The third-order valence-electron chi connectivity index (χ3n) is 6.26. The molecule has 4 nitrogen and oxygen atoms in total. The molecule has 1 saturated heterocycles. The predicted octanol–water partition coefficient (Wildman–Crippen LogP) is 3.76. The number of fused-ring (bicyclic) bond motifs is 5. The summed E-state index contributed by atoms with van der Waals surface area (Å²) in [6.45, 7) is 1.83. The van der Waals surface area contributed by atoms with E-state index in [2.05, 4.69) is 40.2 Å². The van der Waals surface area contributed by atoms with Gasteiger partial charge in [-0.1, -0.05) is 48.5 Å². The van der Waals surface area contributed by atoms with Crippen LogP contribution in [0.1, 0.15) is 29.7 Å². The molecule has 1 aromatic heterocycles. The highest BCUT2D eigenvalue weighted by Crippen LogP contribution is 2.51. The number of aliphatic carboxylic acids is 1. The van der Waals surface area contributed by atoms with E-state index in [0.717, 1.165) is 42.7 Å². The van der Waals surface area contributed by atoms with Gasteiger partial charge in [0.15, 0.2) is 0 Å². The molecule has 0 amide bonds. The van der Waals surface area contributed by atoms with E-state index in [1.807, 2.05) is 24.3 Å². The summed E-state index contributed by atoms with van der Waals surface area (Å²) in [6.07, 6.45) is 2.59. The monoisotopic (exact) mass is 346 g/mol. The third-order valence-corrected chi connectivity index (χ3v) is 6.26. The number of benzene rings is 2. The summed E-state index contributed by atoms with van der Waals surface area (Å²) >= 11 is 0. The van der Waals surface area contributed by atoms with E-state index in [9.17, 15) is 9.90 Å². The molecule has 0 bridgehead atoms. The van der Waals surface area contributed by atoms with Crippen molar-refractivity contribution in [3.05, 3.63) is 71.4 Å². The quantitative estimate of drug-likeness (QED) is 0.743. The standard InChI is InChI=1S/C22H22N2O2/c25-21(26)18-10-6-13-24-14-12-17-16-9-4-5-11-19(16)23-20(17)22(18,24)15-7-2-1-3-8-15/h1-5,7-9,11,18,23H,6,10,12-14H2,(H,25,26)/t18-,22-/m0/s1. The number of carbonyl (C=O) groups is 1. The minimum Gasteiger partial charge on any atom is -0.481 e. The first-order valence-corrected chi connectivity index (χ1v) is 9.36. The van der Waals surface area contributed by atoms with Crippen molar-refractivity contribution >= 4 is 16.9 Å². The van der Waals surface area contributed by atoms with Gasteiger partial charge in [-0.2, -0.15) is 0 Å². The van der Waals surface area contributed by atoms with Crippen LogP contribution in [0.2, 0.25) is 0 Å². The van der Waals surface area contributed by atoms with Crippen LogP contribution in [0.25, 0.3) is 10.9 Å². The number of carboxylic acids is 1. The van der Waals surface area contributed by atoms with Crippen LogP contribution < -0.4 is 0 Å². The highest BCUT2D eigenvalue weighted by atomic mass is 16.4. The van der Waals surface area contributed by atoms with Gasteiger partial charge in [0.1, 0.15) is 5.54 Å². The van der Waals surface area contributed by atoms with Gasteiger partial charge in [-0.15, -0.1) is 0 Å². The van der Waals surface area contributed by atoms with Crippen molar-refractivity contribution in [3.63, 3.8) is 0 Å². The lowest BCUT2D eigenvalue weighted by Crippen LogP contribution is -2.60. The number of carboxylic acid groups (broad SMARTS) is 1. The zero-order valence-corrected chi connectivity index (χ0v) is 14.6. The van der Waals surface area contributed by atoms with Crippen molar-refractivity contribution in [2.45, 2.75) is 24.8 Å². The Hall–Kier alpha value is -2.59. The maximum atomic E-state index is 12.4.